The van der Waals surface area contributed by atoms with Crippen LogP contribution < -0.4 is 0 Å². The Labute approximate surface area is 305 Å². The summed E-state index contributed by atoms with van der Waals surface area (Å²) in [5.74, 6) is 1.98. The zero-order valence-corrected chi connectivity index (χ0v) is 28.8. The van der Waals surface area contributed by atoms with Gasteiger partial charge in [0.15, 0.2) is 17.5 Å². The number of aromatic nitrogens is 3. The molecular formula is C48H29N3S. The summed E-state index contributed by atoms with van der Waals surface area (Å²) in [4.78, 5) is 18.6. The third-order valence-corrected chi connectivity index (χ3v) is 11.9. The molecule has 2 aliphatic rings. The first-order valence-electron chi connectivity index (χ1n) is 17.6. The molecule has 0 saturated carbocycles. The minimum atomic E-state index is -0.517. The molecule has 11 rings (SSSR count). The van der Waals surface area contributed by atoms with Crippen molar-refractivity contribution in [3.63, 3.8) is 0 Å². The van der Waals surface area contributed by atoms with E-state index < -0.39 is 5.41 Å². The van der Waals surface area contributed by atoms with Crippen molar-refractivity contribution in [3.05, 3.63) is 198 Å². The maximum Gasteiger partial charge on any atom is 0.165 e. The van der Waals surface area contributed by atoms with Crippen LogP contribution in [-0.2, 0) is 5.41 Å². The standard InChI is InChI=1S/C48H29N3S/c1-2-16-31(17-3-1)45-49-46(35-23-14-19-30-15-4-6-20-33(30)35)51-47(50-45)44-34-21-7-5-18-32(34)29-40-43(44)36-22-8-9-24-37(36)48(40)38-25-10-12-27-41(38)52-42-28-13-11-26-39(42)48/h1-29H. The van der Waals surface area contributed by atoms with Gasteiger partial charge in [-0.15, -0.1) is 0 Å². The van der Waals surface area contributed by atoms with E-state index in [1.807, 2.05) is 30.0 Å². The summed E-state index contributed by atoms with van der Waals surface area (Å²) in [6, 6.07) is 63.1. The Morgan fingerprint density at radius 2 is 0.923 bits per heavy atom. The first-order valence-corrected chi connectivity index (χ1v) is 18.4. The minimum absolute atomic E-state index is 0.517. The first kappa shape index (κ1) is 29.4. The molecule has 1 aromatic heterocycles. The van der Waals surface area contributed by atoms with Gasteiger partial charge in [0, 0.05) is 26.5 Å². The van der Waals surface area contributed by atoms with E-state index in [0.29, 0.717) is 17.5 Å². The number of hydrogen-bond donors (Lipinski definition) is 0. The summed E-state index contributed by atoms with van der Waals surface area (Å²) in [6.45, 7) is 0. The third-order valence-electron chi connectivity index (χ3n) is 10.8. The summed E-state index contributed by atoms with van der Waals surface area (Å²) in [5, 5.41) is 4.54. The van der Waals surface area contributed by atoms with E-state index in [1.165, 1.54) is 43.2 Å². The van der Waals surface area contributed by atoms with E-state index >= 15 is 0 Å². The van der Waals surface area contributed by atoms with Crippen molar-refractivity contribution in [3.8, 4) is 45.3 Å². The quantitative estimate of drug-likeness (QED) is 0.186. The molecule has 0 fully saturated rings. The van der Waals surface area contributed by atoms with Crippen LogP contribution in [0.3, 0.4) is 0 Å². The van der Waals surface area contributed by atoms with Crippen molar-refractivity contribution in [1.82, 2.24) is 15.0 Å². The van der Waals surface area contributed by atoms with Gasteiger partial charge in [-0.05, 0) is 73.1 Å². The molecule has 1 spiro atoms. The highest BCUT2D eigenvalue weighted by Gasteiger charge is 2.51. The van der Waals surface area contributed by atoms with Gasteiger partial charge in [-0.25, -0.2) is 15.0 Å². The highest BCUT2D eigenvalue weighted by atomic mass is 32.2. The Morgan fingerprint density at radius 1 is 0.365 bits per heavy atom. The lowest BCUT2D eigenvalue weighted by Crippen LogP contribution is -2.32. The number of fused-ring (bicyclic) bond motifs is 11. The van der Waals surface area contributed by atoms with Gasteiger partial charge in [-0.2, -0.15) is 0 Å². The third kappa shape index (κ3) is 4.13. The van der Waals surface area contributed by atoms with Gasteiger partial charge in [0.1, 0.15) is 0 Å². The van der Waals surface area contributed by atoms with E-state index in [0.717, 1.165) is 38.2 Å². The van der Waals surface area contributed by atoms with Crippen LogP contribution in [0.5, 0.6) is 0 Å². The number of hydrogen-bond acceptors (Lipinski definition) is 4. The van der Waals surface area contributed by atoms with Crippen LogP contribution in [0, 0.1) is 0 Å². The largest absolute Gasteiger partial charge is 0.208 e. The van der Waals surface area contributed by atoms with E-state index in [1.54, 1.807) is 0 Å². The van der Waals surface area contributed by atoms with Crippen molar-refractivity contribution in [2.24, 2.45) is 0 Å². The molecule has 52 heavy (non-hydrogen) atoms. The fourth-order valence-corrected chi connectivity index (χ4v) is 9.84. The molecule has 0 amide bonds. The molecule has 1 aliphatic carbocycles. The highest BCUT2D eigenvalue weighted by molar-refractivity contribution is 7.99. The SMILES string of the molecule is c1ccc(-c2nc(-c3cccc4ccccc34)nc(-c3c4c(cc5ccccc35)C3(c5ccccc5Sc5ccccc53)c3ccccc3-4)n2)cc1. The zero-order chi connectivity index (χ0) is 34.2. The minimum Gasteiger partial charge on any atom is -0.208 e. The average Bonchev–Trinajstić information content (AvgIpc) is 3.50. The molecule has 242 valence electrons. The van der Waals surface area contributed by atoms with Crippen molar-refractivity contribution < 1.29 is 0 Å². The van der Waals surface area contributed by atoms with E-state index in [2.05, 4.69) is 158 Å². The highest BCUT2D eigenvalue weighted by Crippen LogP contribution is 2.64. The van der Waals surface area contributed by atoms with Crippen LogP contribution in [-0.4, -0.2) is 15.0 Å². The Hall–Kier alpha value is -6.36. The summed E-state index contributed by atoms with van der Waals surface area (Å²) in [5.41, 5.74) is 10.0. The predicted molar refractivity (Wildman–Crippen MR) is 213 cm³/mol. The van der Waals surface area contributed by atoms with Gasteiger partial charge < -0.3 is 0 Å². The Kier molecular flexibility index (Phi) is 6.40. The average molecular weight is 680 g/mol. The van der Waals surface area contributed by atoms with Crippen molar-refractivity contribution in [2.45, 2.75) is 15.2 Å². The molecule has 0 bridgehead atoms. The number of nitrogens with zero attached hydrogens (tertiary/aromatic N) is 3. The maximum atomic E-state index is 5.45. The van der Waals surface area contributed by atoms with Gasteiger partial charge >= 0.3 is 0 Å². The van der Waals surface area contributed by atoms with Crippen LogP contribution in [0.4, 0.5) is 0 Å². The van der Waals surface area contributed by atoms with Gasteiger partial charge in [0.05, 0.1) is 5.41 Å². The molecule has 3 nitrogen and oxygen atoms in total. The lowest BCUT2D eigenvalue weighted by Gasteiger charge is -2.39. The zero-order valence-electron chi connectivity index (χ0n) is 28.0. The lowest BCUT2D eigenvalue weighted by molar-refractivity contribution is 0.723. The van der Waals surface area contributed by atoms with E-state index in [-0.39, 0.29) is 0 Å². The molecule has 1 aliphatic heterocycles. The van der Waals surface area contributed by atoms with Crippen molar-refractivity contribution in [2.75, 3.05) is 0 Å². The second-order valence-electron chi connectivity index (χ2n) is 13.5. The van der Waals surface area contributed by atoms with Crippen LogP contribution >= 0.6 is 11.8 Å². The number of benzene rings is 8. The van der Waals surface area contributed by atoms with Crippen LogP contribution in [0.1, 0.15) is 22.3 Å². The maximum absolute atomic E-state index is 5.45. The molecule has 0 unspecified atom stereocenters. The number of rotatable bonds is 3. The fourth-order valence-electron chi connectivity index (χ4n) is 8.65. The lowest BCUT2D eigenvalue weighted by atomic mass is 9.67. The molecule has 9 aromatic rings. The Morgan fingerprint density at radius 3 is 1.71 bits per heavy atom. The second kappa shape index (κ2) is 11.3. The van der Waals surface area contributed by atoms with Crippen LogP contribution in [0.2, 0.25) is 0 Å². The normalized spacial score (nSPS) is 13.5. The first-order chi connectivity index (χ1) is 25.8. The second-order valence-corrected chi connectivity index (χ2v) is 14.6. The van der Waals surface area contributed by atoms with Gasteiger partial charge in [0.2, 0.25) is 0 Å². The summed E-state index contributed by atoms with van der Waals surface area (Å²) in [6.07, 6.45) is 0. The summed E-state index contributed by atoms with van der Waals surface area (Å²) < 4.78 is 0. The monoisotopic (exact) mass is 679 g/mol. The molecule has 2 heterocycles. The molecule has 4 heteroatoms. The van der Waals surface area contributed by atoms with Crippen LogP contribution in [0.25, 0.3) is 66.8 Å². The van der Waals surface area contributed by atoms with Crippen molar-refractivity contribution in [1.29, 1.82) is 0 Å². The molecule has 0 atom stereocenters. The molecule has 0 saturated heterocycles. The molecule has 0 N–H and O–H groups in total. The molecule has 0 radical (unpaired) electrons. The van der Waals surface area contributed by atoms with Gasteiger partial charge in [-0.3, -0.25) is 0 Å². The van der Waals surface area contributed by atoms with Crippen LogP contribution in [0.15, 0.2) is 186 Å². The summed E-state index contributed by atoms with van der Waals surface area (Å²) in [7, 11) is 0. The Bertz CT molecular complexity index is 2850. The smallest absolute Gasteiger partial charge is 0.165 e. The summed E-state index contributed by atoms with van der Waals surface area (Å²) >= 11 is 1.86. The van der Waals surface area contributed by atoms with Gasteiger partial charge in [0.25, 0.3) is 0 Å². The molecular weight excluding hydrogens is 651 g/mol. The van der Waals surface area contributed by atoms with Gasteiger partial charge in [-0.1, -0.05) is 169 Å². The topological polar surface area (TPSA) is 38.7 Å². The molecule has 8 aromatic carbocycles. The van der Waals surface area contributed by atoms with Crippen molar-refractivity contribution >= 4 is 33.3 Å². The Balaban J connectivity index is 1.30. The predicted octanol–water partition coefficient (Wildman–Crippen LogP) is 12.0. The van der Waals surface area contributed by atoms with E-state index in [9.17, 15) is 0 Å². The van der Waals surface area contributed by atoms with E-state index in [4.69, 9.17) is 15.0 Å². The fraction of sp³-hybridized carbons (Fsp3) is 0.0208.